The number of amides is 2. The second-order valence-corrected chi connectivity index (χ2v) is 8.70. The van der Waals surface area contributed by atoms with Gasteiger partial charge in [-0.1, -0.05) is 0 Å². The van der Waals surface area contributed by atoms with E-state index >= 15 is 4.39 Å². The molecule has 0 bridgehead atoms. The minimum absolute atomic E-state index is 0.0187. The van der Waals surface area contributed by atoms with Crippen LogP contribution in [0.15, 0.2) is 30.3 Å². The molecule has 2 aromatic rings. The second kappa shape index (κ2) is 8.21. The molecule has 6 nitrogen and oxygen atoms in total. The minimum Gasteiger partial charge on any atom is -0.348 e. The number of halogens is 5. The number of carbonyl (C=O) groups excluding carboxylic acids is 2. The number of benzene rings is 2. The highest BCUT2D eigenvalue weighted by molar-refractivity contribution is 7.81. The smallest absolute Gasteiger partial charge is 0.348 e. The van der Waals surface area contributed by atoms with E-state index in [2.05, 4.69) is 5.32 Å². The van der Waals surface area contributed by atoms with Gasteiger partial charge in [0.15, 0.2) is 5.11 Å². The Balaban J connectivity index is 1.88. The molecule has 2 aliphatic rings. The summed E-state index contributed by atoms with van der Waals surface area (Å²) in [6.07, 6.45) is -4.88. The van der Waals surface area contributed by atoms with Crippen LogP contribution < -0.4 is 15.1 Å². The number of alkyl halides is 4. The van der Waals surface area contributed by atoms with Gasteiger partial charge in [0.2, 0.25) is 0 Å². The quantitative estimate of drug-likeness (QED) is 0.373. The summed E-state index contributed by atoms with van der Waals surface area (Å²) in [5.41, 5.74) is -3.17. The summed E-state index contributed by atoms with van der Waals surface area (Å²) >= 11 is 11.4. The lowest BCUT2D eigenvalue weighted by Crippen LogP contribution is -2.48. The summed E-state index contributed by atoms with van der Waals surface area (Å²) in [5, 5.41) is 11.3. The summed E-state index contributed by atoms with van der Waals surface area (Å²) < 4.78 is 55.7. The molecule has 2 aromatic carbocycles. The first kappa shape index (κ1) is 23.9. The topological polar surface area (TPSA) is 76.4 Å². The molecule has 0 aliphatic carbocycles. The van der Waals surface area contributed by atoms with E-state index < -0.39 is 40.5 Å². The Morgan fingerprint density at radius 1 is 1.26 bits per heavy atom. The van der Waals surface area contributed by atoms with Crippen molar-refractivity contribution in [3.63, 3.8) is 0 Å². The molecule has 0 aromatic heterocycles. The average molecular weight is 511 g/mol. The molecular formula is C22H15ClF4N4O2S. The third-order valence-corrected chi connectivity index (χ3v) is 6.46. The van der Waals surface area contributed by atoms with Crippen LogP contribution in [0.1, 0.15) is 40.4 Å². The maximum Gasteiger partial charge on any atom is 0.417 e. The summed E-state index contributed by atoms with van der Waals surface area (Å²) in [5.74, 6) is -1.95. The van der Waals surface area contributed by atoms with E-state index in [0.717, 1.165) is 23.1 Å². The van der Waals surface area contributed by atoms with Crippen LogP contribution in [0.4, 0.5) is 28.9 Å². The van der Waals surface area contributed by atoms with Crippen LogP contribution in [0.25, 0.3) is 0 Å². The molecule has 2 aliphatic heterocycles. The molecule has 176 valence electrons. The average Bonchev–Trinajstić information content (AvgIpc) is 3.21. The van der Waals surface area contributed by atoms with Crippen LogP contribution in [0.5, 0.6) is 0 Å². The van der Waals surface area contributed by atoms with Crippen LogP contribution in [0, 0.1) is 17.1 Å². The SMILES string of the molecule is CC1(CCCl)C(=O)N(c2ccc(C#N)c(C(F)(F)F)c2)C(=S)N1c1cc2c(cc1F)CNC2=O. The molecule has 1 fully saturated rings. The Morgan fingerprint density at radius 2 is 1.97 bits per heavy atom. The number of nitriles is 1. The van der Waals surface area contributed by atoms with Gasteiger partial charge in [-0.3, -0.25) is 14.5 Å². The number of nitrogens with zero attached hydrogens (tertiary/aromatic N) is 3. The minimum atomic E-state index is -4.86. The van der Waals surface area contributed by atoms with Crippen molar-refractivity contribution in [3.8, 4) is 6.07 Å². The number of fused-ring (bicyclic) bond motifs is 1. The Bertz CT molecular complexity index is 1290. The summed E-state index contributed by atoms with van der Waals surface area (Å²) in [6, 6.07) is 6.65. The highest BCUT2D eigenvalue weighted by Crippen LogP contribution is 2.42. The van der Waals surface area contributed by atoms with E-state index in [9.17, 15) is 22.8 Å². The van der Waals surface area contributed by atoms with E-state index in [1.807, 2.05) is 0 Å². The molecule has 34 heavy (non-hydrogen) atoms. The molecule has 0 radical (unpaired) electrons. The van der Waals surface area contributed by atoms with E-state index in [1.165, 1.54) is 24.0 Å². The lowest BCUT2D eigenvalue weighted by Gasteiger charge is -2.33. The van der Waals surface area contributed by atoms with E-state index in [0.29, 0.717) is 11.6 Å². The van der Waals surface area contributed by atoms with Gasteiger partial charge in [-0.25, -0.2) is 4.39 Å². The van der Waals surface area contributed by atoms with Crippen molar-refractivity contribution >= 4 is 52.1 Å². The molecule has 1 saturated heterocycles. The van der Waals surface area contributed by atoms with E-state index in [1.54, 1.807) is 0 Å². The highest BCUT2D eigenvalue weighted by Gasteiger charge is 2.54. The van der Waals surface area contributed by atoms with Crippen LogP contribution in [0.2, 0.25) is 0 Å². The molecule has 4 rings (SSSR count). The molecule has 2 amide bonds. The zero-order valence-electron chi connectivity index (χ0n) is 17.5. The van der Waals surface area contributed by atoms with Crippen molar-refractivity contribution in [1.29, 1.82) is 5.26 Å². The molecule has 1 atom stereocenters. The first-order valence-corrected chi connectivity index (χ1v) is 10.8. The van der Waals surface area contributed by atoms with Crippen LogP contribution >= 0.6 is 23.8 Å². The molecule has 0 saturated carbocycles. The van der Waals surface area contributed by atoms with Crippen molar-refractivity contribution in [3.05, 3.63) is 58.4 Å². The summed E-state index contributed by atoms with van der Waals surface area (Å²) in [4.78, 5) is 27.7. The van der Waals surface area contributed by atoms with Crippen molar-refractivity contribution in [1.82, 2.24) is 5.32 Å². The van der Waals surface area contributed by atoms with Gasteiger partial charge in [0.25, 0.3) is 11.8 Å². The maximum atomic E-state index is 15.2. The Labute approximate surface area is 201 Å². The molecule has 1 N–H and O–H groups in total. The van der Waals surface area contributed by atoms with E-state index in [4.69, 9.17) is 29.1 Å². The van der Waals surface area contributed by atoms with Crippen molar-refractivity contribution in [2.45, 2.75) is 31.6 Å². The number of rotatable bonds is 4. The second-order valence-electron chi connectivity index (χ2n) is 7.95. The normalized spacial score (nSPS) is 20.0. The Kier molecular flexibility index (Phi) is 5.78. The van der Waals surface area contributed by atoms with Crippen molar-refractivity contribution in [2.75, 3.05) is 15.7 Å². The van der Waals surface area contributed by atoms with Crippen LogP contribution in [-0.4, -0.2) is 28.3 Å². The lowest BCUT2D eigenvalue weighted by molar-refractivity contribution is -0.137. The van der Waals surface area contributed by atoms with Gasteiger partial charge in [0, 0.05) is 18.0 Å². The molecule has 0 spiro atoms. The fraction of sp³-hybridized carbons (Fsp3) is 0.273. The van der Waals surface area contributed by atoms with Gasteiger partial charge in [-0.15, -0.1) is 11.6 Å². The van der Waals surface area contributed by atoms with Gasteiger partial charge in [-0.05, 0) is 61.5 Å². The maximum absolute atomic E-state index is 15.2. The Hall–Kier alpha value is -3.23. The van der Waals surface area contributed by atoms with Crippen molar-refractivity contribution < 1.29 is 27.2 Å². The standard InChI is InChI=1S/C22H15ClF4N4O2S/c1-21(4-5-23)19(33)30(13-3-2-11(9-28)15(7-13)22(25,26)27)20(34)31(21)17-8-14-12(6-16(17)24)10-29-18(14)32/h2-3,6-8H,4-5,10H2,1H3,(H,29,32). The predicted octanol–water partition coefficient (Wildman–Crippen LogP) is 4.49. The van der Waals surface area contributed by atoms with Gasteiger partial charge in [-0.2, -0.15) is 18.4 Å². The Morgan fingerprint density at radius 3 is 2.59 bits per heavy atom. The zero-order chi connectivity index (χ0) is 25.0. The van der Waals surface area contributed by atoms with Gasteiger partial charge in [0.05, 0.1) is 28.6 Å². The molecular weight excluding hydrogens is 496 g/mol. The molecule has 1 unspecified atom stereocenters. The zero-order valence-corrected chi connectivity index (χ0v) is 19.0. The third-order valence-electron chi connectivity index (χ3n) is 5.91. The first-order valence-electron chi connectivity index (χ1n) is 9.90. The van der Waals surface area contributed by atoms with Crippen molar-refractivity contribution in [2.24, 2.45) is 0 Å². The third kappa shape index (κ3) is 3.58. The number of anilines is 2. The number of hydrogen-bond acceptors (Lipinski definition) is 4. The van der Waals surface area contributed by atoms with E-state index in [-0.39, 0.29) is 40.9 Å². The first-order chi connectivity index (χ1) is 15.9. The summed E-state index contributed by atoms with van der Waals surface area (Å²) in [7, 11) is 0. The largest absolute Gasteiger partial charge is 0.417 e. The van der Waals surface area contributed by atoms with Gasteiger partial charge >= 0.3 is 6.18 Å². The van der Waals surface area contributed by atoms with Gasteiger partial charge in [0.1, 0.15) is 11.4 Å². The number of hydrogen-bond donors (Lipinski definition) is 1. The number of nitrogens with one attached hydrogen (secondary N) is 1. The fourth-order valence-electron chi connectivity index (χ4n) is 4.14. The van der Waals surface area contributed by atoms with Gasteiger partial charge < -0.3 is 10.2 Å². The molecule has 12 heteroatoms. The van der Waals surface area contributed by atoms with Crippen LogP contribution in [0.3, 0.4) is 0 Å². The lowest BCUT2D eigenvalue weighted by atomic mass is 9.95. The summed E-state index contributed by atoms with van der Waals surface area (Å²) in [6.45, 7) is 1.59. The predicted molar refractivity (Wildman–Crippen MR) is 120 cm³/mol. The highest BCUT2D eigenvalue weighted by atomic mass is 35.5. The number of carbonyl (C=O) groups is 2. The number of thiocarbonyl (C=S) groups is 1. The fourth-order valence-corrected chi connectivity index (χ4v) is 5.00. The van der Waals surface area contributed by atoms with Crippen LogP contribution in [-0.2, 0) is 17.5 Å². The molecule has 2 heterocycles. The monoisotopic (exact) mass is 510 g/mol.